The smallest absolute Gasteiger partial charge is 0.401 e. The Morgan fingerprint density at radius 2 is 1.77 bits per heavy atom. The van der Waals surface area contributed by atoms with Crippen molar-refractivity contribution in [2.45, 2.75) is 25.4 Å². The number of piperazine rings is 1. The number of hydrogen-bond acceptors (Lipinski definition) is 4. The maximum absolute atomic E-state index is 12.3. The highest BCUT2D eigenvalue weighted by atomic mass is 19.4. The summed E-state index contributed by atoms with van der Waals surface area (Å²) >= 11 is 0. The summed E-state index contributed by atoms with van der Waals surface area (Å²) in [6.45, 7) is 0.493. The number of carbonyl (C=O) groups is 2. The van der Waals surface area contributed by atoms with Crippen LogP contribution in [0.2, 0.25) is 0 Å². The molecule has 1 aliphatic rings. The summed E-state index contributed by atoms with van der Waals surface area (Å²) in [6, 6.07) is -0.273. The second-order valence-corrected chi connectivity index (χ2v) is 5.14. The van der Waals surface area contributed by atoms with Crippen LogP contribution >= 0.6 is 0 Å². The molecule has 0 spiro atoms. The zero-order valence-electron chi connectivity index (χ0n) is 12.6. The van der Waals surface area contributed by atoms with Gasteiger partial charge in [0.05, 0.1) is 13.7 Å². The molecular formula is C13H22F3N3O3. The van der Waals surface area contributed by atoms with Crippen LogP contribution in [0.25, 0.3) is 0 Å². The van der Waals surface area contributed by atoms with E-state index in [1.54, 1.807) is 0 Å². The molecule has 1 saturated heterocycles. The van der Waals surface area contributed by atoms with Gasteiger partial charge in [-0.2, -0.15) is 13.2 Å². The van der Waals surface area contributed by atoms with E-state index in [1.165, 1.54) is 16.9 Å². The van der Waals surface area contributed by atoms with Gasteiger partial charge in [-0.05, 0) is 12.8 Å². The van der Waals surface area contributed by atoms with Crippen LogP contribution < -0.4 is 5.32 Å². The van der Waals surface area contributed by atoms with Crippen molar-refractivity contribution in [3.63, 3.8) is 0 Å². The van der Waals surface area contributed by atoms with E-state index >= 15 is 0 Å². The summed E-state index contributed by atoms with van der Waals surface area (Å²) in [4.78, 5) is 25.5. The number of nitrogens with one attached hydrogen (secondary N) is 1. The van der Waals surface area contributed by atoms with Gasteiger partial charge in [0.1, 0.15) is 0 Å². The van der Waals surface area contributed by atoms with Crippen LogP contribution in [0.15, 0.2) is 0 Å². The predicted molar refractivity (Wildman–Crippen MR) is 73.3 cm³/mol. The van der Waals surface area contributed by atoms with Crippen LogP contribution in [0.4, 0.5) is 18.0 Å². The molecule has 0 bridgehead atoms. The highest BCUT2D eigenvalue weighted by molar-refractivity contribution is 5.74. The molecule has 128 valence electrons. The minimum absolute atomic E-state index is 0.218. The van der Waals surface area contributed by atoms with Gasteiger partial charge >= 0.3 is 18.2 Å². The van der Waals surface area contributed by atoms with Crippen LogP contribution in [0.1, 0.15) is 19.3 Å². The van der Waals surface area contributed by atoms with Crippen LogP contribution in [-0.4, -0.2) is 74.4 Å². The lowest BCUT2D eigenvalue weighted by Gasteiger charge is -2.34. The minimum Gasteiger partial charge on any atom is -0.469 e. The molecular weight excluding hydrogens is 303 g/mol. The van der Waals surface area contributed by atoms with E-state index in [0.29, 0.717) is 25.8 Å². The Hall–Kier alpha value is -1.51. The highest BCUT2D eigenvalue weighted by Gasteiger charge is 2.32. The van der Waals surface area contributed by atoms with Gasteiger partial charge in [0.2, 0.25) is 0 Å². The van der Waals surface area contributed by atoms with Crippen molar-refractivity contribution < 1.29 is 27.5 Å². The molecule has 0 aliphatic carbocycles. The Morgan fingerprint density at radius 1 is 1.14 bits per heavy atom. The lowest BCUT2D eigenvalue weighted by atomic mass is 10.2. The van der Waals surface area contributed by atoms with E-state index in [9.17, 15) is 22.8 Å². The average molecular weight is 325 g/mol. The van der Waals surface area contributed by atoms with Crippen molar-refractivity contribution in [3.8, 4) is 0 Å². The molecule has 0 saturated carbocycles. The number of carbonyl (C=O) groups excluding carboxylic acids is 2. The van der Waals surface area contributed by atoms with Gasteiger partial charge in [-0.25, -0.2) is 4.79 Å². The molecule has 0 unspecified atom stereocenters. The minimum atomic E-state index is -4.20. The summed E-state index contributed by atoms with van der Waals surface area (Å²) in [5.74, 6) is -0.285. The molecule has 0 radical (unpaired) electrons. The molecule has 0 aromatic heterocycles. The Morgan fingerprint density at radius 3 is 2.32 bits per heavy atom. The summed E-state index contributed by atoms with van der Waals surface area (Å²) < 4.78 is 41.2. The number of amides is 2. The van der Waals surface area contributed by atoms with Crippen molar-refractivity contribution in [3.05, 3.63) is 0 Å². The molecule has 9 heteroatoms. The third kappa shape index (κ3) is 7.48. The number of ether oxygens (including phenoxy) is 1. The van der Waals surface area contributed by atoms with Crippen molar-refractivity contribution in [1.82, 2.24) is 15.1 Å². The SMILES string of the molecule is COC(=O)CCCCNC(=O)N1CCN(CC(F)(F)F)CC1. The first-order valence-electron chi connectivity index (χ1n) is 7.20. The quantitative estimate of drug-likeness (QED) is 0.589. The van der Waals surface area contributed by atoms with Gasteiger partial charge in [-0.3, -0.25) is 9.69 Å². The van der Waals surface area contributed by atoms with Gasteiger partial charge in [0, 0.05) is 39.1 Å². The number of nitrogens with zero attached hydrogens (tertiary/aromatic N) is 2. The summed E-state index contributed by atoms with van der Waals surface area (Å²) in [7, 11) is 1.32. The summed E-state index contributed by atoms with van der Waals surface area (Å²) in [5, 5.41) is 2.70. The topological polar surface area (TPSA) is 61.9 Å². The maximum atomic E-state index is 12.3. The Labute approximate surface area is 127 Å². The van der Waals surface area contributed by atoms with E-state index in [-0.39, 0.29) is 38.2 Å². The lowest BCUT2D eigenvalue weighted by molar-refractivity contribution is -0.148. The number of esters is 1. The van der Waals surface area contributed by atoms with E-state index in [4.69, 9.17) is 0 Å². The number of unbranched alkanes of at least 4 members (excludes halogenated alkanes) is 1. The average Bonchev–Trinajstić information content (AvgIpc) is 2.45. The molecule has 0 aromatic carbocycles. The molecule has 1 N–H and O–H groups in total. The lowest BCUT2D eigenvalue weighted by Crippen LogP contribution is -2.53. The van der Waals surface area contributed by atoms with Crippen molar-refractivity contribution in [1.29, 1.82) is 0 Å². The largest absolute Gasteiger partial charge is 0.469 e. The summed E-state index contributed by atoms with van der Waals surface area (Å²) in [5.41, 5.74) is 0. The summed E-state index contributed by atoms with van der Waals surface area (Å²) in [6.07, 6.45) is -2.63. The van der Waals surface area contributed by atoms with Gasteiger partial charge < -0.3 is 15.0 Å². The van der Waals surface area contributed by atoms with Gasteiger partial charge in [0.15, 0.2) is 0 Å². The third-order valence-electron chi connectivity index (χ3n) is 3.37. The normalized spacial score (nSPS) is 16.5. The van der Waals surface area contributed by atoms with Crippen LogP contribution in [0, 0.1) is 0 Å². The zero-order valence-corrected chi connectivity index (χ0v) is 12.6. The first-order valence-corrected chi connectivity index (χ1v) is 7.20. The molecule has 0 aromatic rings. The zero-order chi connectivity index (χ0) is 16.6. The molecule has 2 amide bonds. The molecule has 22 heavy (non-hydrogen) atoms. The highest BCUT2D eigenvalue weighted by Crippen LogP contribution is 2.17. The van der Waals surface area contributed by atoms with Crippen LogP contribution in [-0.2, 0) is 9.53 Å². The fourth-order valence-electron chi connectivity index (χ4n) is 2.17. The first-order chi connectivity index (χ1) is 10.3. The van der Waals surface area contributed by atoms with Gasteiger partial charge in [0.25, 0.3) is 0 Å². The Kier molecular flexibility index (Phi) is 7.43. The van der Waals surface area contributed by atoms with Gasteiger partial charge in [-0.1, -0.05) is 0 Å². The van der Waals surface area contributed by atoms with Crippen molar-refractivity contribution in [2.24, 2.45) is 0 Å². The monoisotopic (exact) mass is 325 g/mol. The fraction of sp³-hybridized carbons (Fsp3) is 0.846. The van der Waals surface area contributed by atoms with Crippen molar-refractivity contribution >= 4 is 12.0 Å². The number of urea groups is 1. The number of alkyl halides is 3. The molecule has 0 atom stereocenters. The van der Waals surface area contributed by atoms with E-state index in [2.05, 4.69) is 10.1 Å². The van der Waals surface area contributed by atoms with E-state index in [1.807, 2.05) is 0 Å². The maximum Gasteiger partial charge on any atom is 0.401 e. The molecule has 1 rings (SSSR count). The molecule has 1 aliphatic heterocycles. The van der Waals surface area contributed by atoms with E-state index in [0.717, 1.165) is 0 Å². The Bertz CT molecular complexity index is 369. The second-order valence-electron chi connectivity index (χ2n) is 5.14. The van der Waals surface area contributed by atoms with E-state index < -0.39 is 12.7 Å². The van der Waals surface area contributed by atoms with Gasteiger partial charge in [-0.15, -0.1) is 0 Å². The molecule has 1 fully saturated rings. The number of hydrogen-bond donors (Lipinski definition) is 1. The standard InChI is InChI=1S/C13H22F3N3O3/c1-22-11(20)4-2-3-5-17-12(21)19-8-6-18(7-9-19)10-13(14,15)16/h2-10H2,1H3,(H,17,21). The van der Waals surface area contributed by atoms with Crippen molar-refractivity contribution in [2.75, 3.05) is 46.4 Å². The second kappa shape index (κ2) is 8.82. The number of methoxy groups -OCH3 is 1. The van der Waals surface area contributed by atoms with Crippen LogP contribution in [0.5, 0.6) is 0 Å². The number of halogens is 3. The number of rotatable bonds is 6. The Balaban J connectivity index is 2.14. The fourth-order valence-corrected chi connectivity index (χ4v) is 2.17. The first kappa shape index (κ1) is 18.5. The predicted octanol–water partition coefficient (Wildman–Crippen LogP) is 1.22. The third-order valence-corrected chi connectivity index (χ3v) is 3.37. The molecule has 6 nitrogen and oxygen atoms in total. The molecule has 1 heterocycles. The van der Waals surface area contributed by atoms with Crippen LogP contribution in [0.3, 0.4) is 0 Å².